The Morgan fingerprint density at radius 2 is 1.79 bits per heavy atom. The van der Waals surface area contributed by atoms with Crippen LogP contribution in [0.5, 0.6) is 5.75 Å². The Morgan fingerprint density at radius 1 is 1.12 bits per heavy atom. The van der Waals surface area contributed by atoms with Crippen LogP contribution in [0.1, 0.15) is 57.2 Å². The summed E-state index contributed by atoms with van der Waals surface area (Å²) in [4.78, 5) is 6.55. The summed E-state index contributed by atoms with van der Waals surface area (Å²) in [6.45, 7) is 7.82. The molecule has 34 heavy (non-hydrogen) atoms. The average Bonchev–Trinajstić information content (AvgIpc) is 3.34. The van der Waals surface area contributed by atoms with Crippen molar-refractivity contribution in [3.05, 3.63) is 24.0 Å². The fourth-order valence-corrected chi connectivity index (χ4v) is 6.28. The topological polar surface area (TPSA) is 78.4 Å². The second kappa shape index (κ2) is 9.03. The van der Waals surface area contributed by atoms with Gasteiger partial charge in [0.25, 0.3) is 0 Å². The Morgan fingerprint density at radius 3 is 2.41 bits per heavy atom. The second-order valence-electron chi connectivity index (χ2n) is 10.1. The van der Waals surface area contributed by atoms with E-state index in [1.54, 1.807) is 0 Å². The molecule has 0 radical (unpaired) electrons. The van der Waals surface area contributed by atoms with Crippen molar-refractivity contribution in [2.75, 3.05) is 32.0 Å². The SMILES string of the molecule is CC(C)n1nc(-c2cnc(N)c(OC(F)(F)F)c2)cc1C1CC2CCC(C1)C2N1CCOCC1. The lowest BCUT2D eigenvalue weighted by atomic mass is 9.75. The summed E-state index contributed by atoms with van der Waals surface area (Å²) in [5.41, 5.74) is 7.81. The van der Waals surface area contributed by atoms with Crippen molar-refractivity contribution in [1.82, 2.24) is 19.7 Å². The number of morpholine rings is 1. The van der Waals surface area contributed by atoms with Crippen LogP contribution in [-0.2, 0) is 4.74 Å². The molecule has 3 heterocycles. The summed E-state index contributed by atoms with van der Waals surface area (Å²) in [6, 6.07) is 4.06. The van der Waals surface area contributed by atoms with Crippen molar-refractivity contribution in [3.63, 3.8) is 0 Å². The van der Waals surface area contributed by atoms with E-state index in [1.165, 1.54) is 25.1 Å². The Kier molecular flexibility index (Phi) is 6.22. The van der Waals surface area contributed by atoms with Gasteiger partial charge >= 0.3 is 6.36 Å². The van der Waals surface area contributed by atoms with Crippen molar-refractivity contribution in [3.8, 4) is 17.0 Å². The van der Waals surface area contributed by atoms with Gasteiger partial charge < -0.3 is 15.2 Å². The molecule has 7 nitrogen and oxygen atoms in total. The highest BCUT2D eigenvalue weighted by atomic mass is 19.4. The monoisotopic (exact) mass is 479 g/mol. The van der Waals surface area contributed by atoms with Crippen molar-refractivity contribution in [2.45, 2.75) is 63.9 Å². The summed E-state index contributed by atoms with van der Waals surface area (Å²) in [5, 5.41) is 4.77. The molecular weight excluding hydrogens is 447 g/mol. The van der Waals surface area contributed by atoms with Gasteiger partial charge in [-0.15, -0.1) is 13.2 Å². The zero-order valence-corrected chi connectivity index (χ0v) is 19.6. The Balaban J connectivity index is 1.41. The smallest absolute Gasteiger partial charge is 0.402 e. The summed E-state index contributed by atoms with van der Waals surface area (Å²) >= 11 is 0. The van der Waals surface area contributed by atoms with Crippen molar-refractivity contribution >= 4 is 5.82 Å². The molecule has 10 heteroatoms. The molecule has 2 saturated carbocycles. The number of nitrogens with two attached hydrogens (primary N) is 1. The summed E-state index contributed by atoms with van der Waals surface area (Å²) in [5.74, 6) is 0.889. The standard InChI is InChI=1S/C24H32F3N5O2/c1-14(2)32-20(12-19(30-32)18-11-21(23(28)29-13-18)34-24(25,26)27)17-9-15-3-4-16(10-17)22(15)31-5-7-33-8-6-31/h11-17,22H,3-10H2,1-2H3,(H2,28,29). The molecule has 2 aromatic rings. The van der Waals surface area contributed by atoms with Gasteiger partial charge in [0.05, 0.1) is 18.9 Å². The molecule has 2 aliphatic carbocycles. The first-order valence-corrected chi connectivity index (χ1v) is 12.1. The van der Waals surface area contributed by atoms with Crippen LogP contribution in [0.2, 0.25) is 0 Å². The Hall–Kier alpha value is -2.33. The quantitative estimate of drug-likeness (QED) is 0.675. The number of anilines is 1. The van der Waals surface area contributed by atoms with E-state index >= 15 is 0 Å². The maximum atomic E-state index is 12.8. The van der Waals surface area contributed by atoms with Gasteiger partial charge in [-0.1, -0.05) is 0 Å². The molecule has 2 aromatic heterocycles. The predicted octanol–water partition coefficient (Wildman–Crippen LogP) is 4.61. The molecular formula is C24H32F3N5O2. The van der Waals surface area contributed by atoms with Crippen LogP contribution >= 0.6 is 0 Å². The van der Waals surface area contributed by atoms with Crippen LogP contribution in [-0.4, -0.2) is 58.4 Å². The van der Waals surface area contributed by atoms with E-state index in [-0.39, 0.29) is 11.9 Å². The zero-order chi connectivity index (χ0) is 24.0. The number of fused-ring (bicyclic) bond motifs is 2. The van der Waals surface area contributed by atoms with Crippen LogP contribution in [0.15, 0.2) is 18.3 Å². The number of hydrogen-bond donors (Lipinski definition) is 1. The largest absolute Gasteiger partial charge is 0.573 e. The Labute approximate surface area is 197 Å². The Bertz CT molecular complexity index is 1000. The molecule has 2 unspecified atom stereocenters. The van der Waals surface area contributed by atoms with Gasteiger partial charge in [0.15, 0.2) is 11.6 Å². The minimum atomic E-state index is -4.84. The third kappa shape index (κ3) is 4.62. The first-order chi connectivity index (χ1) is 16.2. The maximum Gasteiger partial charge on any atom is 0.573 e. The van der Waals surface area contributed by atoms with E-state index in [2.05, 4.69) is 28.5 Å². The number of aromatic nitrogens is 3. The van der Waals surface area contributed by atoms with Crippen LogP contribution in [0.3, 0.4) is 0 Å². The van der Waals surface area contributed by atoms with Gasteiger partial charge in [-0.3, -0.25) is 9.58 Å². The number of hydrogen-bond acceptors (Lipinski definition) is 6. The minimum Gasteiger partial charge on any atom is -0.402 e. The first-order valence-electron chi connectivity index (χ1n) is 12.1. The lowest BCUT2D eigenvalue weighted by Crippen LogP contribution is -2.50. The van der Waals surface area contributed by atoms with Crippen molar-refractivity contribution in [1.29, 1.82) is 0 Å². The third-order valence-corrected chi connectivity index (χ3v) is 7.59. The van der Waals surface area contributed by atoms with Crippen molar-refractivity contribution < 1.29 is 22.6 Å². The lowest BCUT2D eigenvalue weighted by molar-refractivity contribution is -0.274. The molecule has 0 aromatic carbocycles. The van der Waals surface area contributed by atoms with E-state index in [4.69, 9.17) is 15.6 Å². The molecule has 5 rings (SSSR count). The molecule has 2 N–H and O–H groups in total. The number of alkyl halides is 3. The highest BCUT2D eigenvalue weighted by molar-refractivity contribution is 5.64. The maximum absolute atomic E-state index is 12.8. The van der Waals surface area contributed by atoms with Gasteiger partial charge in [-0.05, 0) is 63.5 Å². The summed E-state index contributed by atoms with van der Waals surface area (Å²) in [6.07, 6.45) is 1.35. The van der Waals surface area contributed by atoms with Crippen LogP contribution in [0, 0.1) is 11.8 Å². The average molecular weight is 480 g/mol. The van der Waals surface area contributed by atoms with Gasteiger partial charge in [0, 0.05) is 48.5 Å². The molecule has 0 spiro atoms. The van der Waals surface area contributed by atoms with E-state index in [0.29, 0.717) is 35.1 Å². The molecule has 3 fully saturated rings. The lowest BCUT2D eigenvalue weighted by Gasteiger charge is -2.43. The van der Waals surface area contributed by atoms with E-state index in [9.17, 15) is 13.2 Å². The summed E-state index contributed by atoms with van der Waals surface area (Å²) < 4.78 is 50.0. The number of pyridine rings is 1. The highest BCUT2D eigenvalue weighted by Crippen LogP contribution is 2.51. The summed E-state index contributed by atoms with van der Waals surface area (Å²) in [7, 11) is 0. The molecule has 1 aliphatic heterocycles. The fraction of sp³-hybridized carbons (Fsp3) is 0.667. The predicted molar refractivity (Wildman–Crippen MR) is 121 cm³/mol. The first kappa shape index (κ1) is 23.4. The number of nitrogen functional groups attached to an aromatic ring is 1. The van der Waals surface area contributed by atoms with E-state index < -0.39 is 12.1 Å². The number of ether oxygens (including phenoxy) is 2. The van der Waals surface area contributed by atoms with E-state index in [1.807, 2.05) is 10.7 Å². The normalized spacial score (nSPS) is 27.9. The van der Waals surface area contributed by atoms with Crippen molar-refractivity contribution in [2.24, 2.45) is 11.8 Å². The highest BCUT2D eigenvalue weighted by Gasteiger charge is 2.46. The van der Waals surface area contributed by atoms with Gasteiger partial charge in [0.1, 0.15) is 0 Å². The molecule has 3 aliphatic rings. The van der Waals surface area contributed by atoms with Crippen LogP contribution < -0.4 is 10.5 Å². The van der Waals surface area contributed by atoms with Crippen LogP contribution in [0.25, 0.3) is 11.3 Å². The minimum absolute atomic E-state index is 0.131. The zero-order valence-electron chi connectivity index (χ0n) is 19.6. The number of nitrogens with zero attached hydrogens (tertiary/aromatic N) is 4. The molecule has 2 bridgehead atoms. The molecule has 186 valence electrons. The third-order valence-electron chi connectivity index (χ3n) is 7.59. The van der Waals surface area contributed by atoms with Gasteiger partial charge in [-0.2, -0.15) is 5.10 Å². The van der Waals surface area contributed by atoms with E-state index in [0.717, 1.165) is 44.8 Å². The van der Waals surface area contributed by atoms with Gasteiger partial charge in [0.2, 0.25) is 0 Å². The number of halogens is 3. The molecule has 1 saturated heterocycles. The molecule has 0 amide bonds. The number of rotatable bonds is 5. The van der Waals surface area contributed by atoms with Crippen LogP contribution in [0.4, 0.5) is 19.0 Å². The second-order valence-corrected chi connectivity index (χ2v) is 10.1. The van der Waals surface area contributed by atoms with Gasteiger partial charge in [-0.25, -0.2) is 4.98 Å². The fourth-order valence-electron chi connectivity index (χ4n) is 6.28. The molecule has 2 atom stereocenters.